The molecular formula is C12H16N2O3. The highest BCUT2D eigenvalue weighted by Crippen LogP contribution is 2.22. The number of rotatable bonds is 2. The summed E-state index contributed by atoms with van der Waals surface area (Å²) < 4.78 is 5.26. The average Bonchev–Trinajstić information content (AvgIpc) is 2.68. The minimum absolute atomic E-state index is 0.0252. The zero-order valence-electron chi connectivity index (χ0n) is 9.69. The Labute approximate surface area is 99.6 Å². The second-order valence-electron chi connectivity index (χ2n) is 4.59. The maximum absolute atomic E-state index is 12.0. The number of hydrogen-bond donors (Lipinski definition) is 3. The standard InChI is InChI=1S/C12H16N2O3/c1-12(4-5-17-7-12)14-11(16)9-6-8(15)2-3-10(9)13/h2-3,6,15H,4-5,7,13H2,1H3,(H,14,16). The smallest absolute Gasteiger partial charge is 0.254 e. The van der Waals surface area contributed by atoms with Crippen molar-refractivity contribution in [3.05, 3.63) is 23.8 Å². The van der Waals surface area contributed by atoms with Crippen molar-refractivity contribution >= 4 is 11.6 Å². The third-order valence-corrected chi connectivity index (χ3v) is 2.92. The summed E-state index contributed by atoms with van der Waals surface area (Å²) in [4.78, 5) is 12.0. The molecule has 92 valence electrons. The van der Waals surface area contributed by atoms with Gasteiger partial charge in [-0.3, -0.25) is 4.79 Å². The van der Waals surface area contributed by atoms with Crippen LogP contribution in [0.1, 0.15) is 23.7 Å². The fourth-order valence-electron chi connectivity index (χ4n) is 1.85. The van der Waals surface area contributed by atoms with Gasteiger partial charge in [0.1, 0.15) is 5.75 Å². The molecule has 0 aliphatic carbocycles. The molecule has 1 aromatic rings. The fourth-order valence-corrected chi connectivity index (χ4v) is 1.85. The van der Waals surface area contributed by atoms with Gasteiger partial charge in [-0.2, -0.15) is 0 Å². The number of carbonyl (C=O) groups is 1. The first-order chi connectivity index (χ1) is 8.00. The van der Waals surface area contributed by atoms with E-state index in [1.807, 2.05) is 6.92 Å². The molecule has 0 spiro atoms. The molecule has 1 heterocycles. The molecule has 1 atom stereocenters. The van der Waals surface area contributed by atoms with Gasteiger partial charge in [0.2, 0.25) is 0 Å². The summed E-state index contributed by atoms with van der Waals surface area (Å²) in [6, 6.07) is 4.33. The van der Waals surface area contributed by atoms with E-state index in [-0.39, 0.29) is 22.8 Å². The molecule has 5 heteroatoms. The normalized spacial score (nSPS) is 23.6. The molecule has 1 aliphatic rings. The van der Waals surface area contributed by atoms with Crippen molar-refractivity contribution in [3.63, 3.8) is 0 Å². The van der Waals surface area contributed by atoms with Gasteiger partial charge in [0.25, 0.3) is 5.91 Å². The van der Waals surface area contributed by atoms with Gasteiger partial charge < -0.3 is 20.9 Å². The summed E-state index contributed by atoms with van der Waals surface area (Å²) in [7, 11) is 0. The van der Waals surface area contributed by atoms with Gasteiger partial charge in [-0.25, -0.2) is 0 Å². The molecule has 0 aromatic heterocycles. The number of nitrogens with two attached hydrogens (primary N) is 1. The van der Waals surface area contributed by atoms with Crippen LogP contribution in [0.25, 0.3) is 0 Å². The second kappa shape index (κ2) is 4.25. The van der Waals surface area contributed by atoms with Crippen molar-refractivity contribution < 1.29 is 14.6 Å². The Bertz CT molecular complexity index is 439. The Morgan fingerprint density at radius 3 is 3.00 bits per heavy atom. The summed E-state index contributed by atoms with van der Waals surface area (Å²) in [5, 5.41) is 12.2. The van der Waals surface area contributed by atoms with Gasteiger partial charge in [-0.05, 0) is 31.5 Å². The van der Waals surface area contributed by atoms with Crippen molar-refractivity contribution in [1.29, 1.82) is 0 Å². The molecule has 1 fully saturated rings. The lowest BCUT2D eigenvalue weighted by Crippen LogP contribution is -2.46. The SMILES string of the molecule is CC1(NC(=O)c2cc(O)ccc2N)CCOC1. The molecule has 0 radical (unpaired) electrons. The molecular weight excluding hydrogens is 220 g/mol. The molecule has 1 amide bonds. The van der Waals surface area contributed by atoms with Crippen LogP contribution in [-0.4, -0.2) is 29.8 Å². The molecule has 1 saturated heterocycles. The summed E-state index contributed by atoms with van der Waals surface area (Å²) >= 11 is 0. The summed E-state index contributed by atoms with van der Waals surface area (Å²) in [5.74, 6) is -0.261. The van der Waals surface area contributed by atoms with E-state index in [1.165, 1.54) is 18.2 Å². The Balaban J connectivity index is 2.17. The Morgan fingerprint density at radius 1 is 1.59 bits per heavy atom. The van der Waals surface area contributed by atoms with Crippen LogP contribution in [0.5, 0.6) is 5.75 Å². The molecule has 1 unspecified atom stereocenters. The van der Waals surface area contributed by atoms with Crippen LogP contribution in [-0.2, 0) is 4.74 Å². The van der Waals surface area contributed by atoms with Gasteiger partial charge >= 0.3 is 0 Å². The molecule has 1 aromatic carbocycles. The Kier molecular flexibility index (Phi) is 2.93. The van der Waals surface area contributed by atoms with Gasteiger partial charge in [0.15, 0.2) is 0 Å². The first-order valence-electron chi connectivity index (χ1n) is 5.49. The van der Waals surface area contributed by atoms with Gasteiger partial charge in [-0.1, -0.05) is 0 Å². The van der Waals surface area contributed by atoms with Crippen LogP contribution in [0.4, 0.5) is 5.69 Å². The van der Waals surface area contributed by atoms with Crippen LogP contribution in [0.15, 0.2) is 18.2 Å². The first kappa shape index (κ1) is 11.7. The first-order valence-corrected chi connectivity index (χ1v) is 5.49. The molecule has 17 heavy (non-hydrogen) atoms. The van der Waals surface area contributed by atoms with Gasteiger partial charge in [0.05, 0.1) is 17.7 Å². The number of aromatic hydroxyl groups is 1. The van der Waals surface area contributed by atoms with E-state index in [2.05, 4.69) is 5.32 Å². The second-order valence-corrected chi connectivity index (χ2v) is 4.59. The lowest BCUT2D eigenvalue weighted by Gasteiger charge is -2.23. The fraction of sp³-hybridized carbons (Fsp3) is 0.417. The molecule has 5 nitrogen and oxygen atoms in total. The number of anilines is 1. The zero-order chi connectivity index (χ0) is 12.5. The van der Waals surface area contributed by atoms with E-state index in [0.717, 1.165) is 6.42 Å². The predicted molar refractivity (Wildman–Crippen MR) is 63.8 cm³/mol. The van der Waals surface area contributed by atoms with E-state index >= 15 is 0 Å². The minimum atomic E-state index is -0.352. The molecule has 1 aliphatic heterocycles. The highest BCUT2D eigenvalue weighted by Gasteiger charge is 2.31. The van der Waals surface area contributed by atoms with E-state index in [0.29, 0.717) is 18.9 Å². The number of amides is 1. The van der Waals surface area contributed by atoms with Crippen molar-refractivity contribution in [2.75, 3.05) is 18.9 Å². The zero-order valence-corrected chi connectivity index (χ0v) is 9.69. The van der Waals surface area contributed by atoms with E-state index < -0.39 is 0 Å². The maximum Gasteiger partial charge on any atom is 0.254 e. The highest BCUT2D eigenvalue weighted by molar-refractivity contribution is 5.99. The predicted octanol–water partition coefficient (Wildman–Crippen LogP) is 0.883. The number of phenolic OH excluding ortho intramolecular Hbond substituents is 1. The monoisotopic (exact) mass is 236 g/mol. The maximum atomic E-state index is 12.0. The average molecular weight is 236 g/mol. The van der Waals surface area contributed by atoms with Gasteiger partial charge in [-0.15, -0.1) is 0 Å². The number of ether oxygens (including phenoxy) is 1. The molecule has 2 rings (SSSR count). The van der Waals surface area contributed by atoms with Crippen molar-refractivity contribution in [2.24, 2.45) is 0 Å². The molecule has 0 bridgehead atoms. The van der Waals surface area contributed by atoms with Crippen LogP contribution in [0.3, 0.4) is 0 Å². The Morgan fingerprint density at radius 2 is 2.35 bits per heavy atom. The number of carbonyl (C=O) groups excluding carboxylic acids is 1. The topological polar surface area (TPSA) is 84.6 Å². The lowest BCUT2D eigenvalue weighted by atomic mass is 10.0. The number of hydrogen-bond acceptors (Lipinski definition) is 4. The Hall–Kier alpha value is -1.75. The number of benzene rings is 1. The quantitative estimate of drug-likeness (QED) is 0.525. The van der Waals surface area contributed by atoms with Crippen molar-refractivity contribution in [1.82, 2.24) is 5.32 Å². The van der Waals surface area contributed by atoms with Gasteiger partial charge in [0, 0.05) is 12.3 Å². The number of phenols is 1. The van der Waals surface area contributed by atoms with Crippen molar-refractivity contribution in [3.8, 4) is 5.75 Å². The van der Waals surface area contributed by atoms with Crippen LogP contribution in [0.2, 0.25) is 0 Å². The van der Waals surface area contributed by atoms with E-state index in [4.69, 9.17) is 10.5 Å². The summed E-state index contributed by atoms with van der Waals surface area (Å²) in [6.45, 7) is 3.07. The summed E-state index contributed by atoms with van der Waals surface area (Å²) in [6.07, 6.45) is 0.775. The number of nitrogens with one attached hydrogen (secondary N) is 1. The van der Waals surface area contributed by atoms with Crippen LogP contribution >= 0.6 is 0 Å². The highest BCUT2D eigenvalue weighted by atomic mass is 16.5. The minimum Gasteiger partial charge on any atom is -0.508 e. The lowest BCUT2D eigenvalue weighted by molar-refractivity contribution is 0.0890. The molecule has 0 saturated carbocycles. The summed E-state index contributed by atoms with van der Waals surface area (Å²) in [5.41, 5.74) is 5.99. The number of nitrogen functional groups attached to an aromatic ring is 1. The van der Waals surface area contributed by atoms with Crippen LogP contribution in [0, 0.1) is 0 Å². The van der Waals surface area contributed by atoms with Crippen molar-refractivity contribution in [2.45, 2.75) is 18.9 Å². The van der Waals surface area contributed by atoms with E-state index in [9.17, 15) is 9.90 Å². The van der Waals surface area contributed by atoms with Crippen LogP contribution < -0.4 is 11.1 Å². The van der Waals surface area contributed by atoms with E-state index in [1.54, 1.807) is 0 Å². The largest absolute Gasteiger partial charge is 0.508 e. The third kappa shape index (κ3) is 2.50. The third-order valence-electron chi connectivity index (χ3n) is 2.92. The molecule has 4 N–H and O–H groups in total.